The first-order chi connectivity index (χ1) is 9.60. The van der Waals surface area contributed by atoms with E-state index in [4.69, 9.17) is 5.73 Å². The average molecular weight is 342 g/mol. The van der Waals surface area contributed by atoms with E-state index in [1.54, 1.807) is 6.07 Å². The number of halogens is 1. The van der Waals surface area contributed by atoms with Crippen LogP contribution in [0, 0.1) is 16.0 Å². The summed E-state index contributed by atoms with van der Waals surface area (Å²) in [6, 6.07) is 5.29. The molecule has 0 radical (unpaired) electrons. The molecule has 1 unspecified atom stereocenters. The third-order valence-electron chi connectivity index (χ3n) is 3.82. The molecule has 0 saturated carbocycles. The molecule has 1 aliphatic heterocycles. The van der Waals surface area contributed by atoms with Gasteiger partial charge in [0.05, 0.1) is 4.92 Å². The lowest BCUT2D eigenvalue weighted by Gasteiger charge is -2.32. The first-order valence-electron chi connectivity index (χ1n) is 6.95. The Morgan fingerprint density at radius 1 is 1.50 bits per heavy atom. The van der Waals surface area contributed by atoms with Gasteiger partial charge in [0, 0.05) is 29.2 Å². The van der Waals surface area contributed by atoms with Crippen LogP contribution in [-0.2, 0) is 6.54 Å². The summed E-state index contributed by atoms with van der Waals surface area (Å²) in [6.07, 6.45) is 3.41. The van der Waals surface area contributed by atoms with Gasteiger partial charge in [0.25, 0.3) is 5.69 Å². The van der Waals surface area contributed by atoms with Crippen LogP contribution in [0.3, 0.4) is 0 Å². The monoisotopic (exact) mass is 341 g/mol. The molecular weight excluding hydrogens is 322 g/mol. The molecule has 1 saturated heterocycles. The number of nitro groups is 1. The van der Waals surface area contributed by atoms with Crippen LogP contribution < -0.4 is 5.73 Å². The maximum atomic E-state index is 11.1. The highest BCUT2D eigenvalue weighted by Crippen LogP contribution is 2.27. The van der Waals surface area contributed by atoms with Crippen molar-refractivity contribution in [1.82, 2.24) is 4.90 Å². The summed E-state index contributed by atoms with van der Waals surface area (Å²) >= 11 is 3.29. The number of nitro benzene ring substituents is 1. The number of nitrogens with two attached hydrogens (primary N) is 1. The van der Waals surface area contributed by atoms with Crippen LogP contribution >= 0.6 is 15.9 Å². The van der Waals surface area contributed by atoms with Crippen molar-refractivity contribution in [3.8, 4) is 0 Å². The smallest absolute Gasteiger partial charge is 0.275 e. The zero-order chi connectivity index (χ0) is 14.5. The molecule has 1 aliphatic rings. The third-order valence-corrected chi connectivity index (χ3v) is 4.31. The molecule has 2 N–H and O–H groups in total. The average Bonchev–Trinajstić information content (AvgIpc) is 2.41. The van der Waals surface area contributed by atoms with Crippen molar-refractivity contribution < 1.29 is 4.92 Å². The Bertz CT molecular complexity index is 479. The Hall–Kier alpha value is -0.980. The number of benzene rings is 1. The number of likely N-dealkylation sites (tertiary alicyclic amines) is 1. The van der Waals surface area contributed by atoms with Gasteiger partial charge < -0.3 is 5.73 Å². The van der Waals surface area contributed by atoms with E-state index in [0.717, 1.165) is 42.5 Å². The highest BCUT2D eigenvalue weighted by atomic mass is 79.9. The minimum atomic E-state index is -0.304. The van der Waals surface area contributed by atoms with Crippen LogP contribution in [0.25, 0.3) is 0 Å². The topological polar surface area (TPSA) is 72.4 Å². The highest BCUT2D eigenvalue weighted by Gasteiger charge is 2.22. The van der Waals surface area contributed by atoms with E-state index in [2.05, 4.69) is 20.8 Å². The largest absolute Gasteiger partial charge is 0.330 e. The molecule has 20 heavy (non-hydrogen) atoms. The van der Waals surface area contributed by atoms with E-state index in [9.17, 15) is 10.1 Å². The normalized spacial score (nSPS) is 20.0. The number of piperidine rings is 1. The molecule has 5 nitrogen and oxygen atoms in total. The van der Waals surface area contributed by atoms with E-state index in [-0.39, 0.29) is 10.6 Å². The fourth-order valence-corrected chi connectivity index (χ4v) is 3.20. The Morgan fingerprint density at radius 2 is 2.30 bits per heavy atom. The van der Waals surface area contributed by atoms with Crippen molar-refractivity contribution in [2.45, 2.75) is 25.8 Å². The molecule has 1 fully saturated rings. The predicted octanol–water partition coefficient (Wildman–Crippen LogP) is 2.92. The predicted molar refractivity (Wildman–Crippen MR) is 82.5 cm³/mol. The van der Waals surface area contributed by atoms with Crippen LogP contribution in [-0.4, -0.2) is 29.5 Å². The summed E-state index contributed by atoms with van der Waals surface area (Å²) in [5, 5.41) is 11.1. The third kappa shape index (κ3) is 4.01. The number of hydrogen-bond donors (Lipinski definition) is 1. The second-order valence-electron chi connectivity index (χ2n) is 5.35. The summed E-state index contributed by atoms with van der Waals surface area (Å²) < 4.78 is 0.743. The molecule has 0 amide bonds. The van der Waals surface area contributed by atoms with Crippen molar-refractivity contribution in [3.63, 3.8) is 0 Å². The van der Waals surface area contributed by atoms with Crippen molar-refractivity contribution in [2.75, 3.05) is 19.6 Å². The molecule has 1 atom stereocenters. The molecule has 0 bridgehead atoms. The fraction of sp³-hybridized carbons (Fsp3) is 0.571. The standard InChI is InChI=1S/C14H20BrN3O2/c15-13-4-3-12(14(8-13)18(19)20)10-17-7-1-2-11(9-17)5-6-16/h3-4,8,11H,1-2,5-7,9-10,16H2. The molecule has 1 heterocycles. The van der Waals surface area contributed by atoms with Crippen LogP contribution in [0.1, 0.15) is 24.8 Å². The number of nitrogens with zero attached hydrogens (tertiary/aromatic N) is 2. The Labute approximate surface area is 127 Å². The maximum absolute atomic E-state index is 11.1. The second kappa shape index (κ2) is 7.15. The zero-order valence-corrected chi connectivity index (χ0v) is 13.0. The van der Waals surface area contributed by atoms with Gasteiger partial charge in [-0.05, 0) is 50.4 Å². The van der Waals surface area contributed by atoms with E-state index in [1.807, 2.05) is 12.1 Å². The molecule has 110 valence electrons. The maximum Gasteiger partial charge on any atom is 0.275 e. The lowest BCUT2D eigenvalue weighted by molar-refractivity contribution is -0.385. The van der Waals surface area contributed by atoms with Gasteiger partial charge in [-0.25, -0.2) is 0 Å². The van der Waals surface area contributed by atoms with Crippen LogP contribution in [0.2, 0.25) is 0 Å². The van der Waals surface area contributed by atoms with Gasteiger partial charge in [-0.2, -0.15) is 0 Å². The molecule has 0 aliphatic carbocycles. The highest BCUT2D eigenvalue weighted by molar-refractivity contribution is 9.10. The second-order valence-corrected chi connectivity index (χ2v) is 6.27. The summed E-state index contributed by atoms with van der Waals surface area (Å²) in [5.74, 6) is 0.628. The van der Waals surface area contributed by atoms with Gasteiger partial charge >= 0.3 is 0 Å². The Kier molecular flexibility index (Phi) is 5.51. The van der Waals surface area contributed by atoms with Crippen molar-refractivity contribution >= 4 is 21.6 Å². The summed E-state index contributed by atoms with van der Waals surface area (Å²) in [7, 11) is 0. The molecule has 6 heteroatoms. The van der Waals surface area contributed by atoms with E-state index in [1.165, 1.54) is 6.42 Å². The molecule has 1 aromatic carbocycles. The first-order valence-corrected chi connectivity index (χ1v) is 7.74. The molecule has 2 rings (SSSR count). The van der Waals surface area contributed by atoms with Crippen molar-refractivity contribution in [1.29, 1.82) is 0 Å². The summed E-state index contributed by atoms with van der Waals surface area (Å²) in [4.78, 5) is 13.1. The van der Waals surface area contributed by atoms with Gasteiger partial charge in [0.1, 0.15) is 0 Å². The summed E-state index contributed by atoms with van der Waals surface area (Å²) in [5.41, 5.74) is 6.60. The quantitative estimate of drug-likeness (QED) is 0.660. The lowest BCUT2D eigenvalue weighted by Crippen LogP contribution is -2.35. The minimum Gasteiger partial charge on any atom is -0.330 e. The van der Waals surface area contributed by atoms with E-state index < -0.39 is 0 Å². The SMILES string of the molecule is NCCC1CCCN(Cc2ccc(Br)cc2[N+](=O)[O-])C1. The zero-order valence-electron chi connectivity index (χ0n) is 11.4. The van der Waals surface area contributed by atoms with Crippen LogP contribution in [0.4, 0.5) is 5.69 Å². The Balaban J connectivity index is 2.07. The molecule has 1 aromatic rings. The van der Waals surface area contributed by atoms with Crippen LogP contribution in [0.15, 0.2) is 22.7 Å². The summed E-state index contributed by atoms with van der Waals surface area (Å²) in [6.45, 7) is 3.36. The van der Waals surface area contributed by atoms with Gasteiger partial charge in [-0.15, -0.1) is 0 Å². The Morgan fingerprint density at radius 3 is 3.00 bits per heavy atom. The minimum absolute atomic E-state index is 0.195. The number of hydrogen-bond acceptors (Lipinski definition) is 4. The van der Waals surface area contributed by atoms with Crippen molar-refractivity contribution in [2.24, 2.45) is 11.7 Å². The first kappa shape index (κ1) is 15.4. The van der Waals surface area contributed by atoms with Crippen molar-refractivity contribution in [3.05, 3.63) is 38.3 Å². The van der Waals surface area contributed by atoms with Gasteiger partial charge in [0.15, 0.2) is 0 Å². The molecule has 0 spiro atoms. The van der Waals surface area contributed by atoms with Gasteiger partial charge in [-0.3, -0.25) is 15.0 Å². The van der Waals surface area contributed by atoms with Gasteiger partial charge in [-0.1, -0.05) is 15.9 Å². The molecular formula is C14H20BrN3O2. The van der Waals surface area contributed by atoms with Crippen LogP contribution in [0.5, 0.6) is 0 Å². The molecule has 0 aromatic heterocycles. The fourth-order valence-electron chi connectivity index (χ4n) is 2.85. The van der Waals surface area contributed by atoms with Gasteiger partial charge in [0.2, 0.25) is 0 Å². The lowest BCUT2D eigenvalue weighted by atomic mass is 9.94. The number of rotatable bonds is 5. The van der Waals surface area contributed by atoms with E-state index in [0.29, 0.717) is 12.5 Å². The van der Waals surface area contributed by atoms with E-state index >= 15 is 0 Å².